The number of ketones is 1. The average molecular weight is 263 g/mol. The summed E-state index contributed by atoms with van der Waals surface area (Å²) in [6, 6.07) is 9.78. The maximum absolute atomic E-state index is 12.2. The van der Waals surface area contributed by atoms with Gasteiger partial charge in [0.1, 0.15) is 0 Å². The molecule has 4 heteroatoms. The lowest BCUT2D eigenvalue weighted by Crippen LogP contribution is -2.05. The second-order valence-electron chi connectivity index (χ2n) is 4.94. The summed E-state index contributed by atoms with van der Waals surface area (Å²) in [4.78, 5) is 19.6. The number of hydrogen-bond acceptors (Lipinski definition) is 3. The number of pyridine rings is 1. The van der Waals surface area contributed by atoms with E-state index in [9.17, 15) is 4.79 Å². The van der Waals surface area contributed by atoms with Crippen LogP contribution in [0.3, 0.4) is 0 Å². The molecule has 2 aromatic heterocycles. The van der Waals surface area contributed by atoms with Gasteiger partial charge in [-0.15, -0.1) is 0 Å². The molecule has 0 bridgehead atoms. The lowest BCUT2D eigenvalue weighted by atomic mass is 10.0. The van der Waals surface area contributed by atoms with Crippen molar-refractivity contribution in [2.75, 3.05) is 11.9 Å². The molecule has 1 aliphatic rings. The van der Waals surface area contributed by atoms with E-state index in [-0.39, 0.29) is 5.78 Å². The number of Topliss-reactive ketones (excluding diaryl/α,β-unsaturated/α-hetero) is 1. The zero-order chi connectivity index (χ0) is 13.5. The van der Waals surface area contributed by atoms with Crippen LogP contribution in [0.2, 0.25) is 0 Å². The van der Waals surface area contributed by atoms with E-state index in [1.165, 1.54) is 0 Å². The maximum atomic E-state index is 12.2. The Morgan fingerprint density at radius 3 is 2.80 bits per heavy atom. The first-order valence-corrected chi connectivity index (χ1v) is 6.67. The highest BCUT2D eigenvalue weighted by molar-refractivity contribution is 6.15. The van der Waals surface area contributed by atoms with Gasteiger partial charge in [0.25, 0.3) is 0 Å². The molecule has 4 rings (SSSR count). The van der Waals surface area contributed by atoms with E-state index in [1.54, 1.807) is 12.4 Å². The van der Waals surface area contributed by atoms with E-state index in [0.717, 1.165) is 33.4 Å². The number of aromatic nitrogens is 2. The standard InChI is InChI=1S/C16H13N3O/c20-13-6-9-18-16-14-11(13)2-1-3-12(14)19-15(16)10-4-7-17-8-5-10/h1-5,7-8,18-19H,6,9H2. The summed E-state index contributed by atoms with van der Waals surface area (Å²) in [5, 5.41) is 4.40. The minimum Gasteiger partial charge on any atom is -0.382 e. The van der Waals surface area contributed by atoms with E-state index >= 15 is 0 Å². The normalized spacial score (nSPS) is 14.1. The van der Waals surface area contributed by atoms with Crippen LogP contribution < -0.4 is 5.32 Å². The molecule has 0 fully saturated rings. The number of carbonyl (C=O) groups is 1. The fourth-order valence-corrected chi connectivity index (χ4v) is 2.83. The van der Waals surface area contributed by atoms with Crippen LogP contribution >= 0.6 is 0 Å². The fourth-order valence-electron chi connectivity index (χ4n) is 2.83. The highest BCUT2D eigenvalue weighted by Crippen LogP contribution is 2.38. The number of benzene rings is 1. The van der Waals surface area contributed by atoms with E-state index < -0.39 is 0 Å². The third kappa shape index (κ3) is 1.54. The molecule has 4 nitrogen and oxygen atoms in total. The predicted octanol–water partition coefficient (Wildman–Crippen LogP) is 3.23. The maximum Gasteiger partial charge on any atom is 0.165 e. The van der Waals surface area contributed by atoms with Crippen LogP contribution in [-0.4, -0.2) is 22.3 Å². The second kappa shape index (κ2) is 4.20. The number of aromatic amines is 1. The van der Waals surface area contributed by atoms with Crippen molar-refractivity contribution >= 4 is 22.4 Å². The molecule has 20 heavy (non-hydrogen) atoms. The number of nitrogens with zero attached hydrogens (tertiary/aromatic N) is 1. The summed E-state index contributed by atoms with van der Waals surface area (Å²) in [6.07, 6.45) is 4.08. The number of carbonyl (C=O) groups excluding carboxylic acids is 1. The van der Waals surface area contributed by atoms with Crippen LogP contribution in [-0.2, 0) is 0 Å². The Kier molecular flexibility index (Phi) is 2.36. The molecule has 2 N–H and O–H groups in total. The Balaban J connectivity index is 2.07. The first kappa shape index (κ1) is 11.2. The molecule has 0 saturated heterocycles. The SMILES string of the molecule is O=C1CCNc2c(-c3ccncc3)[nH]c3cccc1c23. The smallest absolute Gasteiger partial charge is 0.165 e. The minimum atomic E-state index is 0.196. The molecule has 0 amide bonds. The predicted molar refractivity (Wildman–Crippen MR) is 79.0 cm³/mol. The van der Waals surface area contributed by atoms with Crippen LogP contribution in [0, 0.1) is 0 Å². The Labute approximate surface area is 115 Å². The van der Waals surface area contributed by atoms with Crippen molar-refractivity contribution in [2.45, 2.75) is 6.42 Å². The number of rotatable bonds is 1. The molecular formula is C16H13N3O. The van der Waals surface area contributed by atoms with Crippen molar-refractivity contribution < 1.29 is 4.79 Å². The lowest BCUT2D eigenvalue weighted by Gasteiger charge is -2.05. The lowest BCUT2D eigenvalue weighted by molar-refractivity contribution is 0.0989. The summed E-state index contributed by atoms with van der Waals surface area (Å²) < 4.78 is 0. The minimum absolute atomic E-state index is 0.196. The van der Waals surface area contributed by atoms with Crippen LogP contribution in [0.4, 0.5) is 5.69 Å². The Hall–Kier alpha value is -2.62. The highest BCUT2D eigenvalue weighted by atomic mass is 16.1. The van der Waals surface area contributed by atoms with Crippen molar-refractivity contribution in [3.63, 3.8) is 0 Å². The van der Waals surface area contributed by atoms with Gasteiger partial charge in [-0.25, -0.2) is 0 Å². The summed E-state index contributed by atoms with van der Waals surface area (Å²) in [6.45, 7) is 0.665. The number of nitrogens with one attached hydrogen (secondary N) is 2. The van der Waals surface area contributed by atoms with Gasteiger partial charge in [0.05, 0.1) is 11.4 Å². The molecule has 98 valence electrons. The monoisotopic (exact) mass is 263 g/mol. The van der Waals surface area contributed by atoms with E-state index in [4.69, 9.17) is 0 Å². The fraction of sp³-hybridized carbons (Fsp3) is 0.125. The van der Waals surface area contributed by atoms with Crippen LogP contribution in [0.1, 0.15) is 16.8 Å². The van der Waals surface area contributed by atoms with Gasteiger partial charge in [-0.1, -0.05) is 12.1 Å². The second-order valence-corrected chi connectivity index (χ2v) is 4.94. The van der Waals surface area contributed by atoms with Crippen molar-refractivity contribution in [3.8, 4) is 11.3 Å². The van der Waals surface area contributed by atoms with E-state index in [2.05, 4.69) is 15.3 Å². The van der Waals surface area contributed by atoms with Crippen molar-refractivity contribution in [1.82, 2.24) is 9.97 Å². The number of H-pyrrole nitrogens is 1. The molecule has 3 aromatic rings. The molecule has 1 aliphatic heterocycles. The molecule has 0 atom stereocenters. The summed E-state index contributed by atoms with van der Waals surface area (Å²) in [5.74, 6) is 0.196. The topological polar surface area (TPSA) is 57.8 Å². The van der Waals surface area contributed by atoms with Gasteiger partial charge in [-0.05, 0) is 18.2 Å². The molecule has 0 unspecified atom stereocenters. The van der Waals surface area contributed by atoms with Crippen molar-refractivity contribution in [1.29, 1.82) is 0 Å². The zero-order valence-corrected chi connectivity index (χ0v) is 10.8. The van der Waals surface area contributed by atoms with Crippen molar-refractivity contribution in [2.24, 2.45) is 0 Å². The van der Waals surface area contributed by atoms with Gasteiger partial charge < -0.3 is 10.3 Å². The van der Waals surface area contributed by atoms with Crippen LogP contribution in [0.25, 0.3) is 22.2 Å². The Bertz CT molecular complexity index is 805. The molecule has 0 spiro atoms. The largest absolute Gasteiger partial charge is 0.382 e. The third-order valence-electron chi connectivity index (χ3n) is 3.75. The quantitative estimate of drug-likeness (QED) is 0.708. The summed E-state index contributed by atoms with van der Waals surface area (Å²) >= 11 is 0. The van der Waals surface area contributed by atoms with Gasteiger partial charge >= 0.3 is 0 Å². The van der Waals surface area contributed by atoms with Gasteiger partial charge in [-0.3, -0.25) is 9.78 Å². The van der Waals surface area contributed by atoms with Crippen LogP contribution in [0.5, 0.6) is 0 Å². The molecule has 3 heterocycles. The molecule has 0 radical (unpaired) electrons. The van der Waals surface area contributed by atoms with Gasteiger partial charge in [0.15, 0.2) is 5.78 Å². The number of hydrogen-bond donors (Lipinski definition) is 2. The van der Waals surface area contributed by atoms with Gasteiger partial charge in [0.2, 0.25) is 0 Å². The molecule has 1 aromatic carbocycles. The Morgan fingerprint density at radius 2 is 1.95 bits per heavy atom. The van der Waals surface area contributed by atoms with Crippen molar-refractivity contribution in [3.05, 3.63) is 48.3 Å². The number of anilines is 1. The summed E-state index contributed by atoms with van der Waals surface area (Å²) in [7, 11) is 0. The van der Waals surface area contributed by atoms with Gasteiger partial charge in [0, 0.05) is 47.4 Å². The van der Waals surface area contributed by atoms with Crippen LogP contribution in [0.15, 0.2) is 42.7 Å². The Morgan fingerprint density at radius 1 is 1.10 bits per heavy atom. The first-order valence-electron chi connectivity index (χ1n) is 6.67. The third-order valence-corrected chi connectivity index (χ3v) is 3.75. The summed E-state index contributed by atoms with van der Waals surface area (Å²) in [5.41, 5.74) is 4.90. The zero-order valence-electron chi connectivity index (χ0n) is 10.8. The van der Waals surface area contributed by atoms with Gasteiger partial charge in [-0.2, -0.15) is 0 Å². The van der Waals surface area contributed by atoms with E-state index in [0.29, 0.717) is 13.0 Å². The molecule has 0 saturated carbocycles. The molecule has 0 aliphatic carbocycles. The highest BCUT2D eigenvalue weighted by Gasteiger charge is 2.21. The average Bonchev–Trinajstić information content (AvgIpc) is 2.78. The first-order chi connectivity index (χ1) is 9.84. The molecular weight excluding hydrogens is 250 g/mol. The van der Waals surface area contributed by atoms with E-state index in [1.807, 2.05) is 30.3 Å².